The van der Waals surface area contributed by atoms with Crippen molar-refractivity contribution in [2.24, 2.45) is 10.7 Å². The number of nitrogens with two attached hydrogens (primary N) is 1. The topological polar surface area (TPSA) is 149 Å². The van der Waals surface area contributed by atoms with E-state index < -0.39 is 35.7 Å². The summed E-state index contributed by atoms with van der Waals surface area (Å²) in [6, 6.07) is 16.8. The zero-order valence-electron chi connectivity index (χ0n) is 25.0. The van der Waals surface area contributed by atoms with Crippen molar-refractivity contribution in [3.8, 4) is 11.4 Å². The number of hydrogen-bond acceptors (Lipinski definition) is 9. The molecule has 11 heteroatoms. The lowest BCUT2D eigenvalue weighted by Gasteiger charge is -2.32. The van der Waals surface area contributed by atoms with Crippen LogP contribution in [-0.2, 0) is 36.9 Å². The normalized spacial score (nSPS) is 21.6. The number of nitrogens with one attached hydrogen (secondary N) is 1. The first-order chi connectivity index (χ1) is 21.3. The third-order valence-electron chi connectivity index (χ3n) is 7.91. The number of aldehydes is 1. The minimum absolute atomic E-state index is 0.0673. The summed E-state index contributed by atoms with van der Waals surface area (Å²) in [7, 11) is 0. The number of carbonyl (C=O) groups is 3. The van der Waals surface area contributed by atoms with E-state index in [-0.39, 0.29) is 19.1 Å². The van der Waals surface area contributed by atoms with Gasteiger partial charge in [-0.25, -0.2) is 15.0 Å². The van der Waals surface area contributed by atoms with Gasteiger partial charge in [-0.1, -0.05) is 48.5 Å². The number of aliphatic imine (C=N–C) groups is 1. The summed E-state index contributed by atoms with van der Waals surface area (Å²) in [4.78, 5) is 54.2. The second kappa shape index (κ2) is 13.9. The minimum Gasteiger partial charge on any atom is -0.476 e. The van der Waals surface area contributed by atoms with Crippen molar-refractivity contribution in [3.05, 3.63) is 84.2 Å². The molecule has 0 bridgehead atoms. The molecule has 3 heterocycles. The Labute approximate surface area is 256 Å². The number of nitrogens with zero attached hydrogens (tertiary/aromatic N) is 4. The maximum atomic E-state index is 14.0. The minimum atomic E-state index is -1.13. The molecule has 0 spiro atoms. The fourth-order valence-electron chi connectivity index (χ4n) is 5.50. The average molecular weight is 599 g/mol. The van der Waals surface area contributed by atoms with Gasteiger partial charge >= 0.3 is 0 Å². The van der Waals surface area contributed by atoms with Crippen LogP contribution in [-0.4, -0.2) is 81.8 Å². The van der Waals surface area contributed by atoms with Gasteiger partial charge in [0.2, 0.25) is 17.7 Å². The summed E-state index contributed by atoms with van der Waals surface area (Å²) in [5.74, 6) is 0.175. The van der Waals surface area contributed by atoms with Crippen LogP contribution in [0.3, 0.4) is 0 Å². The Morgan fingerprint density at radius 1 is 1.11 bits per heavy atom. The molecule has 1 aromatic heterocycles. The molecule has 5 rings (SSSR count). The Bertz CT molecular complexity index is 1480. The van der Waals surface area contributed by atoms with E-state index >= 15 is 0 Å². The largest absolute Gasteiger partial charge is 0.476 e. The van der Waals surface area contributed by atoms with Crippen LogP contribution in [0, 0.1) is 0 Å². The molecule has 44 heavy (non-hydrogen) atoms. The molecule has 0 radical (unpaired) electrons. The molecule has 2 aromatic carbocycles. The van der Waals surface area contributed by atoms with Crippen LogP contribution < -0.4 is 11.1 Å². The summed E-state index contributed by atoms with van der Waals surface area (Å²) in [5.41, 5.74) is 7.37. The molecule has 0 aliphatic carbocycles. The monoisotopic (exact) mass is 598 g/mol. The predicted octanol–water partition coefficient (Wildman–Crippen LogP) is 2.48. The highest BCUT2D eigenvalue weighted by Gasteiger charge is 2.45. The number of amides is 2. The zero-order chi connectivity index (χ0) is 31.1. The molecule has 11 nitrogen and oxygen atoms in total. The smallest absolute Gasteiger partial charge is 0.248 e. The summed E-state index contributed by atoms with van der Waals surface area (Å²) >= 11 is 0. The molecule has 2 aliphatic rings. The highest BCUT2D eigenvalue weighted by Crippen LogP contribution is 2.30. The van der Waals surface area contributed by atoms with Crippen molar-refractivity contribution in [2.75, 3.05) is 13.2 Å². The van der Waals surface area contributed by atoms with Gasteiger partial charge in [0.1, 0.15) is 18.7 Å². The highest BCUT2D eigenvalue weighted by molar-refractivity contribution is 5.95. The molecule has 4 unspecified atom stereocenters. The average Bonchev–Trinajstić information content (AvgIpc) is 3.71. The third-order valence-corrected chi connectivity index (χ3v) is 7.91. The van der Waals surface area contributed by atoms with Crippen LogP contribution in [0.5, 0.6) is 0 Å². The van der Waals surface area contributed by atoms with Gasteiger partial charge in [0.15, 0.2) is 17.6 Å². The number of carbonyl (C=O) groups excluding carboxylic acids is 3. The summed E-state index contributed by atoms with van der Waals surface area (Å²) in [6.45, 7) is 4.12. The van der Waals surface area contributed by atoms with E-state index in [2.05, 4.69) is 15.3 Å². The molecular formula is C33H38N6O5. The van der Waals surface area contributed by atoms with Crippen molar-refractivity contribution < 1.29 is 23.9 Å². The van der Waals surface area contributed by atoms with E-state index in [0.717, 1.165) is 29.4 Å². The van der Waals surface area contributed by atoms with E-state index in [1.165, 1.54) is 0 Å². The Morgan fingerprint density at radius 2 is 1.86 bits per heavy atom. The van der Waals surface area contributed by atoms with Crippen LogP contribution in [0.4, 0.5) is 0 Å². The number of hydrogen-bond donors (Lipinski definition) is 2. The number of benzene rings is 2. The summed E-state index contributed by atoms with van der Waals surface area (Å²) < 4.78 is 12.1. The first-order valence-electron chi connectivity index (χ1n) is 14.9. The number of aromatic nitrogens is 2. The van der Waals surface area contributed by atoms with E-state index in [1.807, 2.05) is 54.6 Å². The van der Waals surface area contributed by atoms with Gasteiger partial charge in [0, 0.05) is 30.9 Å². The van der Waals surface area contributed by atoms with E-state index in [0.29, 0.717) is 31.1 Å². The molecular weight excluding hydrogens is 560 g/mol. The Kier molecular flexibility index (Phi) is 9.76. The van der Waals surface area contributed by atoms with Crippen molar-refractivity contribution in [1.29, 1.82) is 0 Å². The first kappa shape index (κ1) is 31.0. The van der Waals surface area contributed by atoms with Crippen LogP contribution in [0.25, 0.3) is 11.4 Å². The lowest BCUT2D eigenvalue weighted by molar-refractivity contribution is -0.141. The van der Waals surface area contributed by atoms with Crippen LogP contribution in [0.15, 0.2) is 78.0 Å². The fraction of sp³-hybridized carbons (Fsp3) is 0.394. The van der Waals surface area contributed by atoms with Crippen LogP contribution in [0.1, 0.15) is 37.8 Å². The van der Waals surface area contributed by atoms with Crippen LogP contribution in [0.2, 0.25) is 0 Å². The lowest BCUT2D eigenvalue weighted by atomic mass is 9.93. The van der Waals surface area contributed by atoms with Gasteiger partial charge in [-0.05, 0) is 49.9 Å². The Balaban J connectivity index is 1.33. The van der Waals surface area contributed by atoms with Crippen LogP contribution >= 0.6 is 0 Å². The Hall–Kier alpha value is -4.48. The standard InChI is InChI=1S/C33H38N6O5/c1-22(34)30(41)37-28(23(2)43-19-24-9-4-3-5-10-24)32(42)39-16-7-13-27(39)31-38-33(20-40,21-44-31)18-25-11-6-12-26(17-25)29-35-14-8-15-36-29/h3-6,8-12,14-15,17,20,22-23,27-28H,7,13,16,18-19,21,34H2,1-2H3,(H,37,41)/t22?,23?,27?,28?,33-/m0/s1. The molecule has 2 aliphatic heterocycles. The number of rotatable bonds is 12. The SMILES string of the molecule is CC(N)C(=O)NC(C(=O)N1CCCC1C1=N[C@](C=O)(Cc2cccc(-c3ncccn3)c2)CO1)C(C)OCc1ccccc1. The maximum absolute atomic E-state index is 14.0. The van der Waals surface area contributed by atoms with Gasteiger partial charge in [-0.3, -0.25) is 9.59 Å². The van der Waals surface area contributed by atoms with Crippen molar-refractivity contribution in [3.63, 3.8) is 0 Å². The summed E-state index contributed by atoms with van der Waals surface area (Å²) in [5, 5.41) is 2.79. The van der Waals surface area contributed by atoms with Crippen molar-refractivity contribution >= 4 is 24.0 Å². The second-order valence-corrected chi connectivity index (χ2v) is 11.4. The van der Waals surface area contributed by atoms with E-state index in [9.17, 15) is 14.4 Å². The number of likely N-dealkylation sites (tertiary alicyclic amines) is 1. The zero-order valence-corrected chi connectivity index (χ0v) is 25.0. The summed E-state index contributed by atoms with van der Waals surface area (Å²) in [6.07, 6.45) is 5.19. The molecule has 1 fully saturated rings. The van der Waals surface area contributed by atoms with E-state index in [1.54, 1.807) is 37.2 Å². The second-order valence-electron chi connectivity index (χ2n) is 11.4. The van der Waals surface area contributed by atoms with Crippen molar-refractivity contribution in [2.45, 2.75) is 69.5 Å². The molecule has 1 saturated heterocycles. The maximum Gasteiger partial charge on any atom is 0.248 e. The molecule has 2 amide bonds. The fourth-order valence-corrected chi connectivity index (χ4v) is 5.50. The Morgan fingerprint density at radius 3 is 2.59 bits per heavy atom. The van der Waals surface area contributed by atoms with Gasteiger partial charge in [-0.15, -0.1) is 0 Å². The number of ether oxygens (including phenoxy) is 2. The first-order valence-corrected chi connectivity index (χ1v) is 14.9. The quantitative estimate of drug-likeness (QED) is 0.302. The molecule has 230 valence electrons. The lowest BCUT2D eigenvalue weighted by Crippen LogP contribution is -2.58. The van der Waals surface area contributed by atoms with Gasteiger partial charge in [0.25, 0.3) is 0 Å². The van der Waals surface area contributed by atoms with E-state index in [4.69, 9.17) is 20.2 Å². The predicted molar refractivity (Wildman–Crippen MR) is 164 cm³/mol. The van der Waals surface area contributed by atoms with Gasteiger partial charge in [0.05, 0.1) is 18.8 Å². The third kappa shape index (κ3) is 7.17. The molecule has 0 saturated carbocycles. The van der Waals surface area contributed by atoms with Gasteiger partial charge in [-0.2, -0.15) is 0 Å². The molecule has 3 N–H and O–H groups in total. The molecule has 3 aromatic rings. The van der Waals surface area contributed by atoms with Crippen molar-refractivity contribution in [1.82, 2.24) is 20.2 Å². The van der Waals surface area contributed by atoms with Gasteiger partial charge < -0.3 is 30.2 Å². The highest BCUT2D eigenvalue weighted by atomic mass is 16.5. The molecule has 5 atom stereocenters.